The largest absolute Gasteiger partial charge is 0.505 e. The first-order chi connectivity index (χ1) is 37.0. The van der Waals surface area contributed by atoms with Gasteiger partial charge in [-0.05, 0) is 88.5 Å². The zero-order valence-corrected chi connectivity index (χ0v) is 44.3. The molecule has 19 nitrogen and oxygen atoms in total. The lowest BCUT2D eigenvalue weighted by atomic mass is 9.94. The quantitative estimate of drug-likeness (QED) is 0.0552. The minimum absolute atomic E-state index is 0.000524. The predicted molar refractivity (Wildman–Crippen MR) is 287 cm³/mol. The molecule has 6 aromatic carbocycles. The highest BCUT2D eigenvalue weighted by Gasteiger charge is 2.39. The highest BCUT2D eigenvalue weighted by atomic mass is 35.5. The zero-order valence-electron chi connectivity index (χ0n) is 39.8. The smallest absolute Gasteiger partial charge is 0.326 e. The van der Waals surface area contributed by atoms with Crippen LogP contribution < -0.4 is 26.0 Å². The van der Waals surface area contributed by atoms with Gasteiger partial charge in [0.05, 0.1) is 35.7 Å². The molecule has 78 heavy (non-hydrogen) atoms. The van der Waals surface area contributed by atoms with Gasteiger partial charge in [0.15, 0.2) is 28.7 Å². The lowest BCUT2D eigenvalue weighted by Gasteiger charge is -2.31. The number of Topliss-reactive ketones (excluding diaryl/α,β-unsaturated/α-hetero) is 1. The van der Waals surface area contributed by atoms with E-state index < -0.39 is 111 Å². The molecule has 400 valence electrons. The molecule has 3 aliphatic heterocycles. The van der Waals surface area contributed by atoms with Crippen LogP contribution in [-0.2, 0) is 41.6 Å². The van der Waals surface area contributed by atoms with Crippen molar-refractivity contribution in [2.24, 2.45) is 0 Å². The van der Waals surface area contributed by atoms with Gasteiger partial charge < -0.3 is 61.4 Å². The molecular formula is C53H38Cl6N6O13. The third-order valence-electron chi connectivity index (χ3n) is 13.1. The molecule has 10 N–H and O–H groups in total. The van der Waals surface area contributed by atoms with Crippen LogP contribution in [0.25, 0.3) is 22.0 Å². The number of halogens is 6. The molecule has 25 heteroatoms. The number of hydrogen-bond acceptors (Lipinski definition) is 12. The number of nitrogens with zero attached hydrogens (tertiary/aromatic N) is 1. The summed E-state index contributed by atoms with van der Waals surface area (Å²) in [6.07, 6.45) is 0.849. The molecule has 5 amide bonds. The number of carboxylic acid groups (broad SMARTS) is 1. The predicted octanol–water partition coefficient (Wildman–Crippen LogP) is 8.63. The lowest BCUT2D eigenvalue weighted by Crippen LogP contribution is -2.53. The Labute approximate surface area is 470 Å². The van der Waals surface area contributed by atoms with Gasteiger partial charge in [0, 0.05) is 48.2 Å². The first kappa shape index (κ1) is 54.9. The third-order valence-corrected chi connectivity index (χ3v) is 14.8. The maximum absolute atomic E-state index is 15.4. The maximum Gasteiger partial charge on any atom is 0.326 e. The fraction of sp³-hybridized carbons (Fsp3) is 0.151. The number of aromatic hydroxyl groups is 4. The number of likely N-dealkylation sites (N-methyl/N-ethyl adjacent to an activating group) is 1. The molecule has 0 spiro atoms. The molecule has 5 unspecified atom stereocenters. The number of ether oxygens (including phenoxy) is 1. The van der Waals surface area contributed by atoms with E-state index in [1.54, 1.807) is 30.3 Å². The number of carbonyl (C=O) groups is 7. The molecule has 10 rings (SSSR count). The number of carbonyl (C=O) groups excluding carboxylic acids is 6. The fourth-order valence-electron chi connectivity index (χ4n) is 9.04. The van der Waals surface area contributed by atoms with Crippen molar-refractivity contribution in [3.8, 4) is 45.6 Å². The van der Waals surface area contributed by atoms with Gasteiger partial charge >= 0.3 is 5.97 Å². The van der Waals surface area contributed by atoms with Crippen molar-refractivity contribution in [3.05, 3.63) is 161 Å². The number of carboxylic acids is 1. The number of nitrogens with one attached hydrogen (secondary N) is 5. The summed E-state index contributed by atoms with van der Waals surface area (Å²) in [6.45, 7) is 0. The van der Waals surface area contributed by atoms with Gasteiger partial charge in [-0.25, -0.2) is 4.79 Å². The van der Waals surface area contributed by atoms with Crippen LogP contribution in [0.2, 0.25) is 30.1 Å². The average Bonchev–Trinajstić information content (AvgIpc) is 3.82. The minimum atomic E-state index is -2.00. The number of ketones is 1. The third kappa shape index (κ3) is 10.7. The second kappa shape index (κ2) is 21.8. The van der Waals surface area contributed by atoms with Crippen molar-refractivity contribution in [1.82, 2.24) is 31.2 Å². The molecule has 0 saturated heterocycles. The van der Waals surface area contributed by atoms with E-state index in [2.05, 4.69) is 26.3 Å². The monoisotopic (exact) mass is 1180 g/mol. The van der Waals surface area contributed by atoms with E-state index in [4.69, 9.17) is 74.3 Å². The summed E-state index contributed by atoms with van der Waals surface area (Å²) >= 11 is 37.7. The van der Waals surface area contributed by atoms with Crippen LogP contribution in [0.15, 0.2) is 97.2 Å². The van der Waals surface area contributed by atoms with Crippen LogP contribution in [0.3, 0.4) is 0 Å². The summed E-state index contributed by atoms with van der Waals surface area (Å²) in [4.78, 5) is 105. The Morgan fingerprint density at radius 1 is 0.615 bits per heavy atom. The number of fused-ring (bicyclic) bond motifs is 10. The molecule has 5 atom stereocenters. The SMILES string of the molecule is CN1C(=O)C(c2cc(Cl)c(O)c(Cl)c2)NC(=O)C2NC(=O)C(c3cc(Cl)c(O)c(Cl)c3)NC(=O)C(NC(=O)C(=O)c3cc(Cl)c(O)c(Cl)c3)Cc3c[nH]c4c(cccc34)-c3cc2cc(c3O)Oc2ccc(cc2)CC1C(=O)O. The number of aliphatic carboxylic acids is 1. The number of phenols is 4. The Kier molecular flexibility index (Phi) is 15.4. The Hall–Kier alpha value is -7.91. The van der Waals surface area contributed by atoms with Crippen LogP contribution in [0.5, 0.6) is 34.5 Å². The van der Waals surface area contributed by atoms with Crippen molar-refractivity contribution in [2.75, 3.05) is 7.05 Å². The number of aromatic amines is 1. The minimum Gasteiger partial charge on any atom is -0.505 e. The van der Waals surface area contributed by atoms with Crippen molar-refractivity contribution in [1.29, 1.82) is 0 Å². The zero-order chi connectivity index (χ0) is 56.2. The summed E-state index contributed by atoms with van der Waals surface area (Å²) in [5.74, 6) is -11.0. The summed E-state index contributed by atoms with van der Waals surface area (Å²) in [7, 11) is 1.19. The number of rotatable bonds is 6. The number of para-hydroxylation sites is 1. The summed E-state index contributed by atoms with van der Waals surface area (Å²) in [5.41, 5.74) is 0.520. The van der Waals surface area contributed by atoms with Crippen LogP contribution in [0.1, 0.15) is 56.3 Å². The van der Waals surface area contributed by atoms with Gasteiger partial charge in [-0.1, -0.05) is 99.9 Å². The van der Waals surface area contributed by atoms with Gasteiger partial charge in [0.2, 0.25) is 29.4 Å². The van der Waals surface area contributed by atoms with Crippen LogP contribution in [0.4, 0.5) is 0 Å². The normalized spacial score (nSPS) is 18.9. The molecule has 7 aromatic rings. The molecule has 0 radical (unpaired) electrons. The summed E-state index contributed by atoms with van der Waals surface area (Å²) in [6, 6.07) is 10.7. The molecule has 1 aromatic heterocycles. The highest BCUT2D eigenvalue weighted by molar-refractivity contribution is 6.45. The second-order valence-corrected chi connectivity index (χ2v) is 20.5. The van der Waals surface area contributed by atoms with E-state index in [1.807, 2.05) is 0 Å². The molecular weight excluding hydrogens is 1140 g/mol. The highest BCUT2D eigenvalue weighted by Crippen LogP contribution is 2.45. The first-order valence-electron chi connectivity index (χ1n) is 23.0. The van der Waals surface area contributed by atoms with E-state index in [0.717, 1.165) is 41.3 Å². The van der Waals surface area contributed by atoms with E-state index in [1.165, 1.54) is 37.5 Å². The van der Waals surface area contributed by atoms with E-state index in [9.17, 15) is 49.5 Å². The van der Waals surface area contributed by atoms with Crippen LogP contribution >= 0.6 is 69.6 Å². The summed E-state index contributed by atoms with van der Waals surface area (Å²) < 4.78 is 6.31. The molecule has 3 aliphatic rings. The molecule has 0 aliphatic carbocycles. The number of phenolic OH excluding ortho intramolecular Hbond substituents is 4. The molecule has 9 bridgehead atoms. The number of amides is 5. The van der Waals surface area contributed by atoms with Crippen molar-refractivity contribution in [3.63, 3.8) is 0 Å². The average molecular weight is 1180 g/mol. The van der Waals surface area contributed by atoms with Crippen molar-refractivity contribution >= 4 is 122 Å². The van der Waals surface area contributed by atoms with E-state index >= 15 is 9.59 Å². The Bertz CT molecular complexity index is 3640. The first-order valence-corrected chi connectivity index (χ1v) is 25.3. The second-order valence-electron chi connectivity index (χ2n) is 18.0. The number of aromatic nitrogens is 1. The molecule has 0 fully saturated rings. The number of hydrogen-bond donors (Lipinski definition) is 10. The molecule has 0 saturated carbocycles. The van der Waals surface area contributed by atoms with Gasteiger partial charge in [-0.15, -0.1) is 0 Å². The van der Waals surface area contributed by atoms with Gasteiger partial charge in [-0.3, -0.25) is 28.8 Å². The van der Waals surface area contributed by atoms with Gasteiger partial charge in [0.25, 0.3) is 5.91 Å². The summed E-state index contributed by atoms with van der Waals surface area (Å²) in [5, 5.41) is 62.4. The fourth-order valence-corrected chi connectivity index (χ4v) is 10.5. The standard InChI is InChI=1S/C53H38Cl6N6O13/c1-65-37(53(76)77)9-20-5-7-26(8-6-20)78-38-18-21-10-29(44(38)67)28-4-2-3-27-25(19-60-42(27)28)17-36(61-51(74)43(66)24-15-34(58)47(70)35(59)16-24)48(71)62-40(22-11-30(54)45(68)31(55)12-22)49(72)63-39(21)50(73)64-41(52(65)75)23-13-32(56)46(69)33(57)14-23/h2-8,10-16,18-19,36-37,39-41,60,67-70H,9,17H2,1H3,(H,61,74)(H,62,71)(H,63,72)(H,64,73)(H,76,77). The van der Waals surface area contributed by atoms with Gasteiger partial charge in [-0.2, -0.15) is 0 Å². The number of H-pyrrole nitrogens is 1. The Balaban J connectivity index is 1.27. The van der Waals surface area contributed by atoms with Crippen molar-refractivity contribution < 1.29 is 63.8 Å². The van der Waals surface area contributed by atoms with Crippen LogP contribution in [-0.4, -0.2) is 95.8 Å². The van der Waals surface area contributed by atoms with E-state index in [-0.39, 0.29) is 71.4 Å². The Morgan fingerprint density at radius 3 is 1.69 bits per heavy atom. The Morgan fingerprint density at radius 2 is 1.13 bits per heavy atom. The van der Waals surface area contributed by atoms with Gasteiger partial charge in [0.1, 0.15) is 36.0 Å². The number of benzene rings is 6. The lowest BCUT2D eigenvalue weighted by molar-refractivity contribution is -0.150. The molecule has 4 heterocycles. The topological polar surface area (TPSA) is 297 Å². The van der Waals surface area contributed by atoms with E-state index in [0.29, 0.717) is 22.0 Å². The van der Waals surface area contributed by atoms with Crippen molar-refractivity contribution in [2.45, 2.75) is 43.1 Å². The maximum atomic E-state index is 15.4. The van der Waals surface area contributed by atoms with Crippen LogP contribution in [0, 0.1) is 0 Å².